The molecule has 4 nitrogen and oxygen atoms in total. The minimum Gasteiger partial charge on any atom is -0.312 e. The lowest BCUT2D eigenvalue weighted by Crippen LogP contribution is -2.29. The van der Waals surface area contributed by atoms with Crippen molar-refractivity contribution in [2.75, 3.05) is 13.1 Å². The summed E-state index contributed by atoms with van der Waals surface area (Å²) in [4.78, 5) is 2.10. The highest BCUT2D eigenvalue weighted by Crippen LogP contribution is 2.26. The van der Waals surface area contributed by atoms with Gasteiger partial charge in [0.1, 0.15) is 4.21 Å². The molecule has 116 valence electrons. The van der Waals surface area contributed by atoms with Crippen molar-refractivity contribution in [2.45, 2.75) is 31.1 Å². The molecule has 0 saturated heterocycles. The monoisotopic (exact) mass is 344 g/mol. The van der Waals surface area contributed by atoms with Crippen molar-refractivity contribution in [3.05, 3.63) is 39.4 Å². The van der Waals surface area contributed by atoms with E-state index in [2.05, 4.69) is 5.32 Å². The summed E-state index contributed by atoms with van der Waals surface area (Å²) < 4.78 is 27.3. The van der Waals surface area contributed by atoms with E-state index in [-0.39, 0.29) is 0 Å². The quantitative estimate of drug-likeness (QED) is 0.800. The van der Waals surface area contributed by atoms with Gasteiger partial charge >= 0.3 is 0 Å². The van der Waals surface area contributed by atoms with Crippen LogP contribution in [0.5, 0.6) is 0 Å². The molecule has 7 heteroatoms. The largest absolute Gasteiger partial charge is 0.312 e. The Morgan fingerprint density at radius 2 is 2.00 bits per heavy atom. The van der Waals surface area contributed by atoms with Gasteiger partial charge in [-0.3, -0.25) is 0 Å². The van der Waals surface area contributed by atoms with E-state index in [1.54, 1.807) is 17.4 Å². The van der Waals surface area contributed by atoms with Gasteiger partial charge in [-0.25, -0.2) is 8.42 Å². The van der Waals surface area contributed by atoms with Gasteiger partial charge in [-0.2, -0.15) is 4.31 Å². The van der Waals surface area contributed by atoms with Crippen LogP contribution in [0.3, 0.4) is 0 Å². The highest BCUT2D eigenvalue weighted by Gasteiger charge is 2.25. The molecule has 0 bridgehead atoms. The summed E-state index contributed by atoms with van der Waals surface area (Å²) in [5.74, 6) is 0. The van der Waals surface area contributed by atoms with Crippen LogP contribution in [0.25, 0.3) is 0 Å². The minimum atomic E-state index is -3.40. The summed E-state index contributed by atoms with van der Waals surface area (Å²) >= 11 is 2.93. The Labute approximate surface area is 134 Å². The van der Waals surface area contributed by atoms with Gasteiger partial charge in [-0.05, 0) is 30.1 Å². The maximum atomic E-state index is 12.7. The highest BCUT2D eigenvalue weighted by molar-refractivity contribution is 7.91. The molecule has 0 amide bonds. The number of rotatable bonds is 8. The second-order valence-electron chi connectivity index (χ2n) is 4.51. The van der Waals surface area contributed by atoms with Gasteiger partial charge in [-0.1, -0.05) is 19.9 Å². The van der Waals surface area contributed by atoms with Crippen LogP contribution in [0.15, 0.2) is 33.9 Å². The first-order chi connectivity index (χ1) is 10.1. The van der Waals surface area contributed by atoms with Gasteiger partial charge in [-0.15, -0.1) is 22.7 Å². The molecule has 0 aliphatic carbocycles. The summed E-state index contributed by atoms with van der Waals surface area (Å²) in [6.45, 7) is 6.41. The highest BCUT2D eigenvalue weighted by atomic mass is 32.2. The minimum absolute atomic E-state index is 0.425. The number of thiophene rings is 2. The van der Waals surface area contributed by atoms with Gasteiger partial charge in [0, 0.05) is 29.4 Å². The van der Waals surface area contributed by atoms with Crippen LogP contribution >= 0.6 is 22.7 Å². The third-order valence-corrected chi connectivity index (χ3v) is 7.38. The first-order valence-corrected chi connectivity index (χ1v) is 10.0. The molecule has 1 N–H and O–H groups in total. The van der Waals surface area contributed by atoms with Crippen molar-refractivity contribution >= 4 is 32.7 Å². The van der Waals surface area contributed by atoms with Crippen LogP contribution in [-0.4, -0.2) is 25.8 Å². The van der Waals surface area contributed by atoms with E-state index in [0.29, 0.717) is 23.8 Å². The summed E-state index contributed by atoms with van der Waals surface area (Å²) in [7, 11) is -3.40. The van der Waals surface area contributed by atoms with Crippen LogP contribution in [0.1, 0.15) is 23.6 Å². The number of hydrogen-bond acceptors (Lipinski definition) is 5. The fraction of sp³-hybridized carbons (Fsp3) is 0.429. The summed E-state index contributed by atoms with van der Waals surface area (Å²) in [6, 6.07) is 7.51. The third-order valence-electron chi connectivity index (χ3n) is 3.05. The first-order valence-electron chi connectivity index (χ1n) is 6.90. The van der Waals surface area contributed by atoms with Crippen molar-refractivity contribution in [3.8, 4) is 0 Å². The molecule has 0 radical (unpaired) electrons. The lowest BCUT2D eigenvalue weighted by molar-refractivity contribution is 0.428. The van der Waals surface area contributed by atoms with E-state index in [9.17, 15) is 8.42 Å². The van der Waals surface area contributed by atoms with E-state index in [4.69, 9.17) is 0 Å². The number of sulfonamides is 1. The molecule has 2 rings (SSSR count). The molecule has 0 aromatic carbocycles. The topological polar surface area (TPSA) is 49.4 Å². The van der Waals surface area contributed by atoms with Crippen molar-refractivity contribution in [3.63, 3.8) is 0 Å². The van der Waals surface area contributed by atoms with Crippen LogP contribution in [0.2, 0.25) is 0 Å². The predicted octanol–water partition coefficient (Wildman–Crippen LogP) is 3.13. The molecule has 2 aromatic rings. The van der Waals surface area contributed by atoms with Crippen molar-refractivity contribution in [2.24, 2.45) is 0 Å². The SMILES string of the molecule is CCNCc1ccc(S(=O)(=O)N(CC)Cc2cccs2)s1. The lowest BCUT2D eigenvalue weighted by Gasteiger charge is -2.18. The second-order valence-corrected chi connectivity index (χ2v) is 8.88. The fourth-order valence-corrected chi connectivity index (χ4v) is 5.62. The molecule has 0 spiro atoms. The zero-order valence-electron chi connectivity index (χ0n) is 12.2. The summed E-state index contributed by atoms with van der Waals surface area (Å²) in [5, 5.41) is 5.18. The summed E-state index contributed by atoms with van der Waals surface area (Å²) in [5.41, 5.74) is 0. The zero-order valence-corrected chi connectivity index (χ0v) is 14.7. The molecule has 0 aliphatic rings. The summed E-state index contributed by atoms with van der Waals surface area (Å²) in [6.07, 6.45) is 0. The average Bonchev–Trinajstić information content (AvgIpc) is 3.13. The van der Waals surface area contributed by atoms with Crippen molar-refractivity contribution in [1.29, 1.82) is 0 Å². The van der Waals surface area contributed by atoms with E-state index < -0.39 is 10.0 Å². The average molecular weight is 345 g/mol. The third kappa shape index (κ3) is 4.14. The van der Waals surface area contributed by atoms with Gasteiger partial charge in [0.2, 0.25) is 0 Å². The second kappa shape index (κ2) is 7.51. The normalized spacial score (nSPS) is 12.1. The van der Waals surface area contributed by atoms with Gasteiger partial charge in [0.25, 0.3) is 10.0 Å². The number of nitrogens with one attached hydrogen (secondary N) is 1. The van der Waals surface area contributed by atoms with Gasteiger partial charge in [0.15, 0.2) is 0 Å². The molecular weight excluding hydrogens is 324 g/mol. The molecular formula is C14H20N2O2S3. The Balaban J connectivity index is 2.16. The standard InChI is InChI=1S/C14H20N2O2S3/c1-3-15-10-12-7-8-14(20-12)21(17,18)16(4-2)11-13-6-5-9-19-13/h5-9,15H,3-4,10-11H2,1-2H3. The molecule has 0 fully saturated rings. The van der Waals surface area contributed by atoms with E-state index in [1.165, 1.54) is 15.6 Å². The van der Waals surface area contributed by atoms with Crippen LogP contribution in [-0.2, 0) is 23.1 Å². The molecule has 0 saturated carbocycles. The van der Waals surface area contributed by atoms with E-state index in [0.717, 1.165) is 16.3 Å². The smallest absolute Gasteiger partial charge is 0.252 e. The first kappa shape index (κ1) is 16.6. The maximum Gasteiger partial charge on any atom is 0.252 e. The molecule has 2 heterocycles. The zero-order chi connectivity index (χ0) is 15.3. The Kier molecular flexibility index (Phi) is 5.95. The lowest BCUT2D eigenvalue weighted by atomic mass is 10.4. The number of nitrogens with zero attached hydrogens (tertiary/aromatic N) is 1. The fourth-order valence-electron chi connectivity index (χ4n) is 1.91. The van der Waals surface area contributed by atoms with Crippen LogP contribution < -0.4 is 5.32 Å². The molecule has 0 unspecified atom stereocenters. The van der Waals surface area contributed by atoms with Crippen molar-refractivity contribution < 1.29 is 8.42 Å². The van der Waals surface area contributed by atoms with Crippen LogP contribution in [0.4, 0.5) is 0 Å². The van der Waals surface area contributed by atoms with E-state index in [1.807, 2.05) is 37.4 Å². The Morgan fingerprint density at radius 1 is 1.19 bits per heavy atom. The Morgan fingerprint density at radius 3 is 2.62 bits per heavy atom. The van der Waals surface area contributed by atoms with E-state index >= 15 is 0 Å². The predicted molar refractivity (Wildman–Crippen MR) is 89.3 cm³/mol. The molecule has 0 aliphatic heterocycles. The van der Waals surface area contributed by atoms with Crippen LogP contribution in [0, 0.1) is 0 Å². The molecule has 2 aromatic heterocycles. The molecule has 21 heavy (non-hydrogen) atoms. The molecule has 0 atom stereocenters. The number of hydrogen-bond donors (Lipinski definition) is 1. The Hall–Kier alpha value is -0.730. The van der Waals surface area contributed by atoms with Gasteiger partial charge < -0.3 is 5.32 Å². The Bertz CT molecular complexity index is 648. The van der Waals surface area contributed by atoms with Gasteiger partial charge in [0.05, 0.1) is 0 Å². The maximum absolute atomic E-state index is 12.7. The van der Waals surface area contributed by atoms with Crippen molar-refractivity contribution in [1.82, 2.24) is 9.62 Å².